The normalized spacial score (nSPS) is 18.9. The maximum absolute atomic E-state index is 12.9. The topological polar surface area (TPSA) is 87.8 Å². The van der Waals surface area contributed by atoms with Crippen LogP contribution in [-0.2, 0) is 9.84 Å². The van der Waals surface area contributed by atoms with Gasteiger partial charge in [0.1, 0.15) is 5.58 Å². The number of hydrogen-bond donors (Lipinski definition) is 1. The van der Waals surface area contributed by atoms with Crippen molar-refractivity contribution in [3.63, 3.8) is 0 Å². The molecule has 2 aromatic rings. The molecule has 1 aliphatic carbocycles. The fourth-order valence-electron chi connectivity index (χ4n) is 3.45. The first-order chi connectivity index (χ1) is 10.9. The van der Waals surface area contributed by atoms with E-state index in [2.05, 4.69) is 0 Å². The first-order valence-electron chi connectivity index (χ1n) is 7.34. The predicted octanol–water partition coefficient (Wildman–Crippen LogP) is 2.66. The zero-order valence-electron chi connectivity index (χ0n) is 12.2. The standard InChI is InChI=1S/C16H15NO5S/c18-16(19)17-8-11-6-14(7-12(11)9-17)23(20,21)13-1-2-15-10(5-13)3-4-22-15/h1-5,14H,6-9H2,(H,18,19). The predicted molar refractivity (Wildman–Crippen MR) is 83.0 cm³/mol. The molecule has 0 bridgehead atoms. The number of fused-ring (bicyclic) bond motifs is 1. The quantitative estimate of drug-likeness (QED) is 0.854. The molecular formula is C16H15NO5S. The molecule has 1 aromatic carbocycles. The van der Waals surface area contributed by atoms with E-state index in [1.165, 1.54) is 11.2 Å². The maximum Gasteiger partial charge on any atom is 0.407 e. The van der Waals surface area contributed by atoms with Crippen molar-refractivity contribution in [2.75, 3.05) is 13.1 Å². The zero-order valence-corrected chi connectivity index (χ0v) is 13.0. The molecule has 0 spiro atoms. The van der Waals surface area contributed by atoms with Crippen LogP contribution in [0.4, 0.5) is 4.79 Å². The van der Waals surface area contributed by atoms with Crippen LogP contribution in [0.2, 0.25) is 0 Å². The summed E-state index contributed by atoms with van der Waals surface area (Å²) in [4.78, 5) is 12.6. The Hall–Kier alpha value is -2.28. The van der Waals surface area contributed by atoms with Gasteiger partial charge in [0, 0.05) is 18.5 Å². The highest BCUT2D eigenvalue weighted by molar-refractivity contribution is 7.92. The van der Waals surface area contributed by atoms with Crippen molar-refractivity contribution in [2.45, 2.75) is 23.0 Å². The summed E-state index contributed by atoms with van der Waals surface area (Å²) in [5.74, 6) is 0. The van der Waals surface area contributed by atoms with Crippen LogP contribution in [0, 0.1) is 0 Å². The number of sulfone groups is 1. The summed E-state index contributed by atoms with van der Waals surface area (Å²) >= 11 is 0. The molecule has 2 heterocycles. The van der Waals surface area contributed by atoms with E-state index in [0.717, 1.165) is 16.5 Å². The van der Waals surface area contributed by atoms with Gasteiger partial charge in [-0.3, -0.25) is 0 Å². The van der Waals surface area contributed by atoms with Crippen LogP contribution in [0.3, 0.4) is 0 Å². The van der Waals surface area contributed by atoms with Crippen molar-refractivity contribution in [2.24, 2.45) is 0 Å². The third-order valence-electron chi connectivity index (χ3n) is 4.67. The molecule has 0 fully saturated rings. The van der Waals surface area contributed by atoms with Crippen LogP contribution < -0.4 is 0 Å². The van der Waals surface area contributed by atoms with Crippen molar-refractivity contribution in [3.05, 3.63) is 41.7 Å². The number of furan rings is 1. The largest absolute Gasteiger partial charge is 0.465 e. The maximum atomic E-state index is 12.9. The minimum absolute atomic E-state index is 0.299. The average molecular weight is 333 g/mol. The van der Waals surface area contributed by atoms with E-state index in [9.17, 15) is 13.2 Å². The molecule has 7 heteroatoms. The van der Waals surface area contributed by atoms with E-state index in [-0.39, 0.29) is 0 Å². The number of likely N-dealkylation sites (tertiary alicyclic amines) is 1. The van der Waals surface area contributed by atoms with Crippen LogP contribution in [0.25, 0.3) is 11.0 Å². The van der Waals surface area contributed by atoms with Crippen molar-refractivity contribution in [1.29, 1.82) is 0 Å². The monoisotopic (exact) mass is 333 g/mol. The Labute approximate surface area is 132 Å². The molecule has 1 amide bonds. The van der Waals surface area contributed by atoms with Gasteiger partial charge in [0.05, 0.1) is 16.4 Å². The Bertz CT molecular complexity index is 922. The van der Waals surface area contributed by atoms with Gasteiger partial charge in [0.15, 0.2) is 9.84 Å². The van der Waals surface area contributed by atoms with Crippen LogP contribution in [-0.4, -0.2) is 42.9 Å². The Morgan fingerprint density at radius 1 is 1.17 bits per heavy atom. The minimum Gasteiger partial charge on any atom is -0.465 e. The van der Waals surface area contributed by atoms with E-state index in [1.54, 1.807) is 24.3 Å². The van der Waals surface area contributed by atoms with Crippen LogP contribution in [0.5, 0.6) is 0 Å². The molecule has 6 nitrogen and oxygen atoms in total. The number of benzene rings is 1. The number of amides is 1. The van der Waals surface area contributed by atoms with E-state index in [0.29, 0.717) is 36.4 Å². The summed E-state index contributed by atoms with van der Waals surface area (Å²) in [7, 11) is -3.44. The molecule has 2 aliphatic rings. The molecule has 1 aliphatic heterocycles. The molecule has 0 saturated heterocycles. The minimum atomic E-state index is -3.44. The second-order valence-electron chi connectivity index (χ2n) is 6.04. The second-order valence-corrected chi connectivity index (χ2v) is 8.27. The zero-order chi connectivity index (χ0) is 16.2. The van der Waals surface area contributed by atoms with Gasteiger partial charge in [-0.15, -0.1) is 0 Å². The van der Waals surface area contributed by atoms with Gasteiger partial charge in [-0.2, -0.15) is 0 Å². The fourth-order valence-corrected chi connectivity index (χ4v) is 5.22. The molecule has 4 rings (SSSR count). The van der Waals surface area contributed by atoms with Gasteiger partial charge in [-0.1, -0.05) is 0 Å². The molecule has 0 unspecified atom stereocenters. The smallest absolute Gasteiger partial charge is 0.407 e. The van der Waals surface area contributed by atoms with E-state index < -0.39 is 21.2 Å². The molecule has 1 N–H and O–H groups in total. The molecule has 0 saturated carbocycles. The molecule has 0 atom stereocenters. The Balaban J connectivity index is 1.58. The van der Waals surface area contributed by atoms with E-state index in [4.69, 9.17) is 9.52 Å². The fraction of sp³-hybridized carbons (Fsp3) is 0.312. The molecular weight excluding hydrogens is 318 g/mol. The van der Waals surface area contributed by atoms with Gasteiger partial charge < -0.3 is 14.4 Å². The Morgan fingerprint density at radius 3 is 2.52 bits per heavy atom. The van der Waals surface area contributed by atoms with Crippen LogP contribution in [0.15, 0.2) is 51.0 Å². The lowest BCUT2D eigenvalue weighted by atomic mass is 10.2. The van der Waals surface area contributed by atoms with Gasteiger partial charge in [-0.25, -0.2) is 13.2 Å². The van der Waals surface area contributed by atoms with Crippen molar-refractivity contribution < 1.29 is 22.7 Å². The van der Waals surface area contributed by atoms with E-state index >= 15 is 0 Å². The SMILES string of the molecule is O=C(O)N1CC2=C(CC(S(=O)(=O)c3ccc4occc4c3)C2)C1. The molecule has 120 valence electrons. The van der Waals surface area contributed by atoms with Gasteiger partial charge in [0.25, 0.3) is 0 Å². The summed E-state index contributed by atoms with van der Waals surface area (Å²) < 4.78 is 31.0. The first kappa shape index (κ1) is 14.3. The van der Waals surface area contributed by atoms with Crippen LogP contribution >= 0.6 is 0 Å². The number of nitrogens with zero attached hydrogens (tertiary/aromatic N) is 1. The number of carbonyl (C=O) groups is 1. The lowest BCUT2D eigenvalue weighted by Crippen LogP contribution is -2.30. The van der Waals surface area contributed by atoms with Crippen molar-refractivity contribution in [1.82, 2.24) is 4.90 Å². The second kappa shape index (κ2) is 4.86. The number of rotatable bonds is 2. The number of carboxylic acid groups (broad SMARTS) is 1. The summed E-state index contributed by atoms with van der Waals surface area (Å²) in [6, 6.07) is 6.63. The van der Waals surface area contributed by atoms with Crippen molar-refractivity contribution >= 4 is 26.9 Å². The lowest BCUT2D eigenvalue weighted by molar-refractivity contribution is 0.156. The van der Waals surface area contributed by atoms with Gasteiger partial charge in [-0.05, 0) is 48.3 Å². The summed E-state index contributed by atoms with van der Waals surface area (Å²) in [5, 5.41) is 9.30. The third-order valence-corrected chi connectivity index (χ3v) is 6.80. The average Bonchev–Trinajstić information content (AvgIpc) is 3.19. The van der Waals surface area contributed by atoms with E-state index in [1.807, 2.05) is 0 Å². The highest BCUT2D eigenvalue weighted by atomic mass is 32.2. The Morgan fingerprint density at radius 2 is 1.87 bits per heavy atom. The Kier molecular flexibility index (Phi) is 3.02. The first-order valence-corrected chi connectivity index (χ1v) is 8.88. The lowest BCUT2D eigenvalue weighted by Gasteiger charge is -2.18. The van der Waals surface area contributed by atoms with Crippen molar-refractivity contribution in [3.8, 4) is 0 Å². The van der Waals surface area contributed by atoms with Gasteiger partial charge >= 0.3 is 6.09 Å². The summed E-state index contributed by atoms with van der Waals surface area (Å²) in [6.07, 6.45) is 1.42. The molecule has 23 heavy (non-hydrogen) atoms. The number of hydrogen-bond acceptors (Lipinski definition) is 4. The van der Waals surface area contributed by atoms with Crippen LogP contribution in [0.1, 0.15) is 12.8 Å². The van der Waals surface area contributed by atoms with Gasteiger partial charge in [0.2, 0.25) is 0 Å². The highest BCUT2D eigenvalue weighted by Gasteiger charge is 2.39. The molecule has 0 radical (unpaired) electrons. The summed E-state index contributed by atoms with van der Waals surface area (Å²) in [6.45, 7) is 0.662. The highest BCUT2D eigenvalue weighted by Crippen LogP contribution is 2.38. The third kappa shape index (κ3) is 2.23. The summed E-state index contributed by atoms with van der Waals surface area (Å²) in [5.41, 5.74) is 2.59. The molecule has 1 aromatic heterocycles.